The monoisotopic (exact) mass is 426 g/mol. The molecule has 2 aliphatic rings. The maximum Gasteiger partial charge on any atom is 0.409 e. The smallest absolute Gasteiger partial charge is 0.409 e. The Morgan fingerprint density at radius 3 is 2.71 bits per heavy atom. The average Bonchev–Trinajstić information content (AvgIpc) is 3.06. The van der Waals surface area contributed by atoms with Crippen molar-refractivity contribution in [3.63, 3.8) is 0 Å². The molecular weight excluding hydrogens is 403 g/mol. The Bertz CT molecular complexity index is 1040. The number of phenolic OH excluding ortho intramolecular Hbond substituents is 1. The number of phenols is 1. The van der Waals surface area contributed by atoms with Crippen molar-refractivity contribution in [2.75, 3.05) is 32.8 Å². The lowest BCUT2D eigenvalue weighted by Crippen LogP contribution is -2.48. The largest absolute Gasteiger partial charge is 0.507 e. The number of aromatic hydroxyl groups is 1. The maximum absolute atomic E-state index is 13.5. The molecule has 0 unspecified atom stereocenters. The Hall–Kier alpha value is -3.39. The molecule has 0 atom stereocenters. The Balaban J connectivity index is 1.51. The zero-order chi connectivity index (χ0) is 22.0. The van der Waals surface area contributed by atoms with Crippen molar-refractivity contribution in [1.29, 1.82) is 0 Å². The minimum atomic E-state index is -0.405. The standard InChI is InChI=1S/C23H23FN2O5/c1-2-30-23(29)26-10-8-25(9-11-26)14-18-19(27)7-6-17-21(28)20(31-22(17)18)13-15-4-3-5-16(24)12-15/h3-7,12-13,27H,2,8-11,14H2,1H3/b20-13-. The number of hydrogen-bond donors (Lipinski definition) is 1. The second-order valence-corrected chi connectivity index (χ2v) is 7.40. The summed E-state index contributed by atoms with van der Waals surface area (Å²) in [5.41, 5.74) is 1.38. The summed E-state index contributed by atoms with van der Waals surface area (Å²) in [6, 6.07) is 8.88. The predicted molar refractivity (Wildman–Crippen MR) is 111 cm³/mol. The van der Waals surface area contributed by atoms with E-state index in [1.165, 1.54) is 30.3 Å². The van der Waals surface area contributed by atoms with E-state index in [9.17, 15) is 19.1 Å². The van der Waals surface area contributed by atoms with Crippen molar-refractivity contribution in [1.82, 2.24) is 9.80 Å². The number of ketones is 1. The van der Waals surface area contributed by atoms with Crippen LogP contribution in [0.25, 0.3) is 6.08 Å². The van der Waals surface area contributed by atoms with Gasteiger partial charge in [0.1, 0.15) is 17.3 Å². The summed E-state index contributed by atoms with van der Waals surface area (Å²) < 4.78 is 24.3. The van der Waals surface area contributed by atoms with Crippen LogP contribution in [0.15, 0.2) is 42.2 Å². The zero-order valence-electron chi connectivity index (χ0n) is 17.1. The lowest BCUT2D eigenvalue weighted by atomic mass is 10.0. The van der Waals surface area contributed by atoms with E-state index in [1.807, 2.05) is 0 Å². The van der Waals surface area contributed by atoms with Crippen LogP contribution < -0.4 is 4.74 Å². The molecule has 0 spiro atoms. The van der Waals surface area contributed by atoms with Crippen molar-refractivity contribution in [2.24, 2.45) is 0 Å². The van der Waals surface area contributed by atoms with Gasteiger partial charge >= 0.3 is 6.09 Å². The predicted octanol–water partition coefficient (Wildman–Crippen LogP) is 3.42. The first-order valence-electron chi connectivity index (χ1n) is 10.1. The first kappa shape index (κ1) is 20.9. The Morgan fingerprint density at radius 1 is 1.23 bits per heavy atom. The number of halogens is 1. The molecule has 0 aromatic heterocycles. The normalized spacial score (nSPS) is 17.5. The molecule has 0 saturated carbocycles. The van der Waals surface area contributed by atoms with Gasteiger partial charge in [-0.1, -0.05) is 12.1 Å². The molecule has 1 N–H and O–H groups in total. The third-order valence-corrected chi connectivity index (χ3v) is 5.34. The van der Waals surface area contributed by atoms with Gasteiger partial charge in [0.25, 0.3) is 0 Å². The van der Waals surface area contributed by atoms with Crippen LogP contribution in [0, 0.1) is 5.82 Å². The molecule has 2 aromatic carbocycles. The van der Waals surface area contributed by atoms with E-state index in [-0.39, 0.29) is 23.4 Å². The minimum absolute atomic E-state index is 0.0337. The molecule has 162 valence electrons. The number of carbonyl (C=O) groups is 2. The van der Waals surface area contributed by atoms with Crippen molar-refractivity contribution in [3.05, 3.63) is 64.7 Å². The Kier molecular flexibility index (Phi) is 5.90. The third kappa shape index (κ3) is 4.39. The van der Waals surface area contributed by atoms with Crippen LogP contribution in [0.2, 0.25) is 0 Å². The van der Waals surface area contributed by atoms with E-state index in [0.717, 1.165) is 0 Å². The number of Topliss-reactive ketones (excluding diaryl/α,β-unsaturated/α-hetero) is 1. The second kappa shape index (κ2) is 8.77. The number of amides is 1. The molecule has 1 fully saturated rings. The van der Waals surface area contributed by atoms with Crippen LogP contribution in [0.1, 0.15) is 28.4 Å². The lowest BCUT2D eigenvalue weighted by Gasteiger charge is -2.34. The summed E-state index contributed by atoms with van der Waals surface area (Å²) in [6.07, 6.45) is 1.16. The van der Waals surface area contributed by atoms with E-state index in [1.54, 1.807) is 24.0 Å². The number of nitrogens with zero attached hydrogens (tertiary/aromatic N) is 2. The minimum Gasteiger partial charge on any atom is -0.507 e. The van der Waals surface area contributed by atoms with Crippen LogP contribution in [0.4, 0.5) is 9.18 Å². The van der Waals surface area contributed by atoms with Gasteiger partial charge in [0, 0.05) is 32.7 Å². The lowest BCUT2D eigenvalue weighted by molar-refractivity contribution is 0.0774. The highest BCUT2D eigenvalue weighted by Gasteiger charge is 2.32. The summed E-state index contributed by atoms with van der Waals surface area (Å²) in [5, 5.41) is 10.4. The first-order valence-corrected chi connectivity index (χ1v) is 10.1. The number of carbonyl (C=O) groups excluding carboxylic acids is 2. The van der Waals surface area contributed by atoms with Crippen LogP contribution in [-0.2, 0) is 11.3 Å². The van der Waals surface area contributed by atoms with Crippen LogP contribution in [0.5, 0.6) is 11.5 Å². The second-order valence-electron chi connectivity index (χ2n) is 7.40. The van der Waals surface area contributed by atoms with E-state index < -0.39 is 5.82 Å². The highest BCUT2D eigenvalue weighted by atomic mass is 19.1. The Morgan fingerprint density at radius 2 is 2.00 bits per heavy atom. The molecule has 7 nitrogen and oxygen atoms in total. The van der Waals surface area contributed by atoms with Gasteiger partial charge in [0.05, 0.1) is 17.7 Å². The van der Waals surface area contributed by atoms with Crippen molar-refractivity contribution in [2.45, 2.75) is 13.5 Å². The number of benzene rings is 2. The highest BCUT2D eigenvalue weighted by Crippen LogP contribution is 2.40. The molecule has 0 aliphatic carbocycles. The fraction of sp³-hybridized carbons (Fsp3) is 0.304. The molecule has 0 bridgehead atoms. The number of rotatable bonds is 4. The van der Waals surface area contributed by atoms with Gasteiger partial charge in [-0.25, -0.2) is 9.18 Å². The van der Waals surface area contributed by atoms with Crippen molar-refractivity contribution in [3.8, 4) is 11.5 Å². The summed E-state index contributed by atoms with van der Waals surface area (Å²) in [5.74, 6) is -0.281. The molecule has 2 heterocycles. The summed E-state index contributed by atoms with van der Waals surface area (Å²) in [6.45, 7) is 4.69. The van der Waals surface area contributed by atoms with E-state index >= 15 is 0 Å². The summed E-state index contributed by atoms with van der Waals surface area (Å²) >= 11 is 0. The molecule has 1 saturated heterocycles. The first-order chi connectivity index (χ1) is 15.0. The number of piperazine rings is 1. The number of allylic oxidation sites excluding steroid dienone is 1. The fourth-order valence-corrected chi connectivity index (χ4v) is 3.72. The molecule has 31 heavy (non-hydrogen) atoms. The molecule has 0 radical (unpaired) electrons. The molecule has 2 aromatic rings. The number of hydrogen-bond acceptors (Lipinski definition) is 6. The van der Waals surface area contributed by atoms with Gasteiger partial charge in [-0.2, -0.15) is 0 Å². The van der Waals surface area contributed by atoms with Gasteiger partial charge in [-0.15, -0.1) is 0 Å². The van der Waals surface area contributed by atoms with Gasteiger partial charge in [0.15, 0.2) is 5.76 Å². The number of ether oxygens (including phenoxy) is 2. The van der Waals surface area contributed by atoms with Crippen molar-refractivity contribution < 1.29 is 28.6 Å². The van der Waals surface area contributed by atoms with Crippen molar-refractivity contribution >= 4 is 18.0 Å². The van der Waals surface area contributed by atoms with Gasteiger partial charge in [-0.3, -0.25) is 9.69 Å². The van der Waals surface area contributed by atoms with Crippen LogP contribution in [-0.4, -0.2) is 59.6 Å². The van der Waals surface area contributed by atoms with E-state index in [4.69, 9.17) is 9.47 Å². The van der Waals surface area contributed by atoms with Gasteiger partial charge in [0.2, 0.25) is 5.78 Å². The molecule has 1 amide bonds. The Labute approximate surface area is 179 Å². The quantitative estimate of drug-likeness (QED) is 0.755. The molecule has 8 heteroatoms. The topological polar surface area (TPSA) is 79.3 Å². The maximum atomic E-state index is 13.5. The fourth-order valence-electron chi connectivity index (χ4n) is 3.72. The third-order valence-electron chi connectivity index (χ3n) is 5.34. The summed E-state index contributed by atoms with van der Waals surface area (Å²) in [7, 11) is 0. The van der Waals surface area contributed by atoms with E-state index in [2.05, 4.69) is 4.90 Å². The highest BCUT2D eigenvalue weighted by molar-refractivity contribution is 6.15. The average molecular weight is 426 g/mol. The molecule has 2 aliphatic heterocycles. The van der Waals surface area contributed by atoms with E-state index in [0.29, 0.717) is 61.8 Å². The van der Waals surface area contributed by atoms with Crippen LogP contribution >= 0.6 is 0 Å². The summed E-state index contributed by atoms with van der Waals surface area (Å²) in [4.78, 5) is 28.4. The van der Waals surface area contributed by atoms with Gasteiger partial charge < -0.3 is 19.5 Å². The number of fused-ring (bicyclic) bond motifs is 1. The SMILES string of the molecule is CCOC(=O)N1CCN(Cc2c(O)ccc3c2O/C(=C\c2cccc(F)c2)C3=O)CC1. The molecule has 4 rings (SSSR count). The van der Waals surface area contributed by atoms with Crippen LogP contribution in [0.3, 0.4) is 0 Å². The zero-order valence-corrected chi connectivity index (χ0v) is 17.1. The van der Waals surface area contributed by atoms with Gasteiger partial charge in [-0.05, 0) is 42.8 Å². The molecular formula is C23H23FN2O5.